The largest absolute Gasteiger partial charge is 0.493 e. The second kappa shape index (κ2) is 7.95. The Labute approximate surface area is 148 Å². The molecular formula is C16H18N2O6S. The number of thiophene rings is 1. The second-order valence-electron chi connectivity index (χ2n) is 5.18. The van der Waals surface area contributed by atoms with Gasteiger partial charge in [0.1, 0.15) is 11.7 Å². The van der Waals surface area contributed by atoms with Crippen LogP contribution in [0.3, 0.4) is 0 Å². The summed E-state index contributed by atoms with van der Waals surface area (Å²) in [6.07, 6.45) is -0.886. The van der Waals surface area contributed by atoms with Crippen molar-refractivity contribution in [3.8, 4) is 11.5 Å². The molecule has 1 atom stereocenters. The molecule has 2 aromatic rings. The van der Waals surface area contributed by atoms with Crippen molar-refractivity contribution in [3.05, 3.63) is 49.7 Å². The number of hydrogen-bond donors (Lipinski definition) is 2. The molecule has 0 spiro atoms. The number of methoxy groups -OCH3 is 2. The number of aryl methyl sites for hydroxylation is 1. The lowest BCUT2D eigenvalue weighted by Gasteiger charge is -2.13. The van der Waals surface area contributed by atoms with Gasteiger partial charge < -0.3 is 19.9 Å². The van der Waals surface area contributed by atoms with Gasteiger partial charge >= 0.3 is 0 Å². The molecule has 0 saturated carbocycles. The van der Waals surface area contributed by atoms with Crippen LogP contribution in [0.15, 0.2) is 23.6 Å². The minimum Gasteiger partial charge on any atom is -0.493 e. The summed E-state index contributed by atoms with van der Waals surface area (Å²) in [5.74, 6) is -0.325. The Hall–Kier alpha value is -2.65. The molecule has 0 fully saturated rings. The van der Waals surface area contributed by atoms with Gasteiger partial charge in [0.05, 0.1) is 25.2 Å². The van der Waals surface area contributed by atoms with Crippen LogP contribution in [0, 0.1) is 17.0 Å². The number of aliphatic hydroxyl groups is 1. The van der Waals surface area contributed by atoms with Crippen molar-refractivity contribution < 1.29 is 24.3 Å². The van der Waals surface area contributed by atoms with Gasteiger partial charge in [0.2, 0.25) is 0 Å². The molecule has 0 saturated heterocycles. The first-order valence-electron chi connectivity index (χ1n) is 7.29. The maximum absolute atomic E-state index is 12.4. The molecule has 1 heterocycles. The highest BCUT2D eigenvalue weighted by atomic mass is 32.1. The Kier molecular flexibility index (Phi) is 5.94. The number of aliphatic hydroxyl groups excluding tert-OH is 1. The van der Waals surface area contributed by atoms with Crippen LogP contribution >= 0.6 is 11.3 Å². The summed E-state index contributed by atoms with van der Waals surface area (Å²) in [5, 5.41) is 25.8. The highest BCUT2D eigenvalue weighted by molar-refractivity contribution is 7.10. The number of carbonyl (C=O) groups is 1. The summed E-state index contributed by atoms with van der Waals surface area (Å²) in [7, 11) is 2.72. The lowest BCUT2D eigenvalue weighted by atomic mass is 10.1. The zero-order valence-corrected chi connectivity index (χ0v) is 14.8. The lowest BCUT2D eigenvalue weighted by Crippen LogP contribution is -2.29. The molecule has 0 aliphatic heterocycles. The van der Waals surface area contributed by atoms with E-state index in [1.807, 2.05) is 18.4 Å². The third-order valence-corrected chi connectivity index (χ3v) is 4.72. The number of nitro groups is 1. The molecule has 0 radical (unpaired) electrons. The van der Waals surface area contributed by atoms with Gasteiger partial charge in [-0.15, -0.1) is 11.3 Å². The van der Waals surface area contributed by atoms with Crippen LogP contribution < -0.4 is 14.8 Å². The van der Waals surface area contributed by atoms with Gasteiger partial charge in [0.15, 0.2) is 11.5 Å². The summed E-state index contributed by atoms with van der Waals surface area (Å²) in [6.45, 7) is 1.79. The predicted octanol–water partition coefficient (Wildman–Crippen LogP) is 2.45. The molecule has 25 heavy (non-hydrogen) atoms. The van der Waals surface area contributed by atoms with Crippen molar-refractivity contribution in [2.75, 3.05) is 20.8 Å². The van der Waals surface area contributed by atoms with Crippen LogP contribution in [-0.4, -0.2) is 36.7 Å². The molecule has 1 unspecified atom stereocenters. The van der Waals surface area contributed by atoms with E-state index in [1.165, 1.54) is 31.6 Å². The molecule has 9 heteroatoms. The Morgan fingerprint density at radius 3 is 2.52 bits per heavy atom. The molecule has 1 aromatic heterocycles. The van der Waals surface area contributed by atoms with E-state index in [4.69, 9.17) is 9.47 Å². The third-order valence-electron chi connectivity index (χ3n) is 3.60. The molecule has 2 N–H and O–H groups in total. The lowest BCUT2D eigenvalue weighted by molar-refractivity contribution is -0.385. The average molecular weight is 366 g/mol. The van der Waals surface area contributed by atoms with Gasteiger partial charge in [-0.2, -0.15) is 0 Å². The summed E-state index contributed by atoms with van der Waals surface area (Å²) in [4.78, 5) is 23.7. The molecule has 1 amide bonds. The van der Waals surface area contributed by atoms with Crippen LogP contribution in [0.4, 0.5) is 5.69 Å². The van der Waals surface area contributed by atoms with Gasteiger partial charge in [-0.1, -0.05) is 0 Å². The first-order valence-corrected chi connectivity index (χ1v) is 8.17. The Morgan fingerprint density at radius 2 is 2.00 bits per heavy atom. The van der Waals surface area contributed by atoms with Crippen molar-refractivity contribution in [1.82, 2.24) is 5.32 Å². The highest BCUT2D eigenvalue weighted by Gasteiger charge is 2.25. The molecule has 1 aromatic carbocycles. The molecule has 0 aliphatic carbocycles. The van der Waals surface area contributed by atoms with Crippen LogP contribution in [0.1, 0.15) is 26.9 Å². The Morgan fingerprint density at radius 1 is 1.36 bits per heavy atom. The monoisotopic (exact) mass is 366 g/mol. The minimum atomic E-state index is -0.886. The van der Waals surface area contributed by atoms with E-state index in [-0.39, 0.29) is 23.6 Å². The third kappa shape index (κ3) is 4.06. The van der Waals surface area contributed by atoms with Crippen molar-refractivity contribution in [1.29, 1.82) is 0 Å². The maximum atomic E-state index is 12.4. The van der Waals surface area contributed by atoms with Crippen molar-refractivity contribution in [3.63, 3.8) is 0 Å². The molecule has 2 rings (SSSR count). The average Bonchev–Trinajstić information content (AvgIpc) is 3.03. The number of nitro benzene ring substituents is 1. The number of rotatable bonds is 7. The number of nitrogens with one attached hydrogen (secondary N) is 1. The maximum Gasteiger partial charge on any atom is 0.286 e. The topological polar surface area (TPSA) is 111 Å². The highest BCUT2D eigenvalue weighted by Crippen LogP contribution is 2.34. The molecular weight excluding hydrogens is 348 g/mol. The fraction of sp³-hybridized carbons (Fsp3) is 0.312. The molecule has 134 valence electrons. The van der Waals surface area contributed by atoms with E-state index in [1.54, 1.807) is 0 Å². The molecule has 0 bridgehead atoms. The van der Waals surface area contributed by atoms with E-state index in [0.717, 1.165) is 16.5 Å². The van der Waals surface area contributed by atoms with Gasteiger partial charge in [-0.3, -0.25) is 14.9 Å². The van der Waals surface area contributed by atoms with Crippen molar-refractivity contribution >= 4 is 22.9 Å². The Bertz CT molecular complexity index is 789. The van der Waals surface area contributed by atoms with Crippen molar-refractivity contribution in [2.45, 2.75) is 13.0 Å². The quantitative estimate of drug-likeness (QED) is 0.575. The smallest absolute Gasteiger partial charge is 0.286 e. The van der Waals surface area contributed by atoms with E-state index < -0.39 is 22.6 Å². The van der Waals surface area contributed by atoms with E-state index >= 15 is 0 Å². The summed E-state index contributed by atoms with van der Waals surface area (Å²) >= 11 is 1.38. The van der Waals surface area contributed by atoms with Crippen LogP contribution in [0.25, 0.3) is 0 Å². The molecule has 0 aliphatic rings. The van der Waals surface area contributed by atoms with Gasteiger partial charge in [-0.25, -0.2) is 0 Å². The van der Waals surface area contributed by atoms with E-state index in [2.05, 4.69) is 5.32 Å². The number of ether oxygens (including phenoxy) is 2. The zero-order valence-electron chi connectivity index (χ0n) is 13.9. The van der Waals surface area contributed by atoms with E-state index in [0.29, 0.717) is 0 Å². The van der Waals surface area contributed by atoms with Crippen LogP contribution in [0.5, 0.6) is 11.5 Å². The first-order chi connectivity index (χ1) is 11.9. The van der Waals surface area contributed by atoms with Gasteiger partial charge in [0.25, 0.3) is 11.6 Å². The van der Waals surface area contributed by atoms with Gasteiger partial charge in [0, 0.05) is 17.5 Å². The standard InChI is InChI=1S/C16H18N2O6S/c1-9-4-5-25-15(9)12(19)8-17-16(20)10-6-13(23-2)14(24-3)7-11(10)18(21)22/h4-7,12,19H,8H2,1-3H3,(H,17,20). The number of carbonyl (C=O) groups excluding carboxylic acids is 1. The number of benzene rings is 1. The van der Waals surface area contributed by atoms with Gasteiger partial charge in [-0.05, 0) is 23.9 Å². The normalized spacial score (nSPS) is 11.7. The summed E-state index contributed by atoms with van der Waals surface area (Å²) in [6, 6.07) is 4.24. The fourth-order valence-electron chi connectivity index (χ4n) is 2.30. The van der Waals surface area contributed by atoms with E-state index in [9.17, 15) is 20.0 Å². The zero-order chi connectivity index (χ0) is 18.6. The number of hydrogen-bond acceptors (Lipinski definition) is 7. The predicted molar refractivity (Wildman–Crippen MR) is 92.5 cm³/mol. The SMILES string of the molecule is COc1cc(C(=O)NCC(O)c2sccc2C)c([N+](=O)[O-])cc1OC. The first kappa shape index (κ1) is 18.7. The minimum absolute atomic E-state index is 0.0638. The van der Waals surface area contributed by atoms with Crippen LogP contribution in [-0.2, 0) is 0 Å². The Balaban J connectivity index is 2.23. The number of amides is 1. The fourth-order valence-corrected chi connectivity index (χ4v) is 3.22. The second-order valence-corrected chi connectivity index (χ2v) is 6.12. The summed E-state index contributed by atoms with van der Waals surface area (Å²) < 4.78 is 10.1. The van der Waals surface area contributed by atoms with Crippen molar-refractivity contribution in [2.24, 2.45) is 0 Å². The molecule has 8 nitrogen and oxygen atoms in total. The summed E-state index contributed by atoms with van der Waals surface area (Å²) in [5.41, 5.74) is 0.346. The number of nitrogens with zero attached hydrogens (tertiary/aromatic N) is 1. The van der Waals surface area contributed by atoms with Crippen LogP contribution in [0.2, 0.25) is 0 Å².